The summed E-state index contributed by atoms with van der Waals surface area (Å²) in [5, 5.41) is 0. The number of rotatable bonds is 3. The Balaban J connectivity index is 2.18. The highest BCUT2D eigenvalue weighted by molar-refractivity contribution is 7.86. The Morgan fingerprint density at radius 1 is 1.21 bits per heavy atom. The second-order valence-electron chi connectivity index (χ2n) is 5.77. The molecule has 0 aromatic carbocycles. The molecule has 108 valence electrons. The number of carbonyl (C=O) groups excluding carboxylic acids is 1. The fourth-order valence-electron chi connectivity index (χ4n) is 2.23. The molecule has 2 bridgehead atoms. The van der Waals surface area contributed by atoms with Crippen LogP contribution in [-0.4, -0.2) is 44.6 Å². The van der Waals surface area contributed by atoms with E-state index in [4.69, 9.17) is 13.7 Å². The molecule has 0 aliphatic carbocycles. The minimum Gasteiger partial charge on any atom is -0.460 e. The summed E-state index contributed by atoms with van der Waals surface area (Å²) in [5.74, 6) is -1.25. The predicted molar refractivity (Wildman–Crippen MR) is 66.9 cm³/mol. The highest BCUT2D eigenvalue weighted by Gasteiger charge is 2.53. The molecule has 2 aliphatic heterocycles. The molecule has 0 amide bonds. The van der Waals surface area contributed by atoms with E-state index in [1.54, 1.807) is 32.9 Å². The summed E-state index contributed by atoms with van der Waals surface area (Å²) in [5.41, 5.74) is -0.641. The van der Waals surface area contributed by atoms with E-state index in [0.717, 1.165) is 6.26 Å². The van der Waals surface area contributed by atoms with Crippen LogP contribution in [0.3, 0.4) is 0 Å². The van der Waals surface area contributed by atoms with Crippen LogP contribution in [0, 0.1) is 5.92 Å². The highest BCUT2D eigenvalue weighted by Crippen LogP contribution is 2.38. The molecule has 7 heteroatoms. The molecule has 2 rings (SSSR count). The molecule has 19 heavy (non-hydrogen) atoms. The summed E-state index contributed by atoms with van der Waals surface area (Å²) >= 11 is 0. The van der Waals surface area contributed by atoms with Gasteiger partial charge in [0.05, 0.1) is 12.4 Å². The fraction of sp³-hybridized carbons (Fsp3) is 0.750. The Bertz CT molecular complexity index is 501. The first-order chi connectivity index (χ1) is 8.57. The second kappa shape index (κ2) is 4.57. The maximum absolute atomic E-state index is 12.1. The third kappa shape index (κ3) is 3.34. The average molecular weight is 290 g/mol. The molecular formula is C12H18O6S. The monoisotopic (exact) mass is 290 g/mol. The predicted octanol–water partition coefficient (Wildman–Crippen LogP) is 0.626. The topological polar surface area (TPSA) is 78.9 Å². The molecule has 1 fully saturated rings. The van der Waals surface area contributed by atoms with Crippen LogP contribution in [0.15, 0.2) is 12.2 Å². The Labute approximate surface area is 112 Å². The van der Waals surface area contributed by atoms with E-state index < -0.39 is 45.9 Å². The Kier molecular flexibility index (Phi) is 3.49. The number of fused-ring (bicyclic) bond motifs is 2. The lowest BCUT2D eigenvalue weighted by Crippen LogP contribution is -2.42. The van der Waals surface area contributed by atoms with Crippen LogP contribution in [0.2, 0.25) is 0 Å². The molecule has 2 aliphatic rings. The zero-order valence-electron chi connectivity index (χ0n) is 11.3. The van der Waals surface area contributed by atoms with Crippen LogP contribution < -0.4 is 0 Å². The van der Waals surface area contributed by atoms with Crippen molar-refractivity contribution in [1.82, 2.24) is 0 Å². The van der Waals surface area contributed by atoms with E-state index in [1.807, 2.05) is 0 Å². The van der Waals surface area contributed by atoms with Gasteiger partial charge in [-0.25, -0.2) is 0 Å². The Hall–Kier alpha value is -0.920. The lowest BCUT2D eigenvalue weighted by Gasteiger charge is -2.27. The van der Waals surface area contributed by atoms with Gasteiger partial charge in [0.2, 0.25) is 0 Å². The maximum Gasteiger partial charge on any atom is 0.315 e. The summed E-state index contributed by atoms with van der Waals surface area (Å²) in [4.78, 5) is 12.1. The molecule has 4 atom stereocenters. The van der Waals surface area contributed by atoms with Gasteiger partial charge in [-0.05, 0) is 20.8 Å². The highest BCUT2D eigenvalue weighted by atomic mass is 32.2. The summed E-state index contributed by atoms with van der Waals surface area (Å²) in [6, 6.07) is 0. The van der Waals surface area contributed by atoms with Gasteiger partial charge in [-0.1, -0.05) is 12.2 Å². The molecule has 0 saturated carbocycles. The van der Waals surface area contributed by atoms with Crippen LogP contribution in [0.4, 0.5) is 0 Å². The summed E-state index contributed by atoms with van der Waals surface area (Å²) in [6.45, 7) is 5.25. The largest absolute Gasteiger partial charge is 0.460 e. The third-order valence-electron chi connectivity index (χ3n) is 2.80. The molecule has 2 heterocycles. The normalized spacial score (nSPS) is 33.7. The first kappa shape index (κ1) is 14.5. The van der Waals surface area contributed by atoms with E-state index in [9.17, 15) is 13.2 Å². The average Bonchev–Trinajstić information content (AvgIpc) is 2.71. The van der Waals surface area contributed by atoms with Crippen LogP contribution in [0.1, 0.15) is 20.8 Å². The van der Waals surface area contributed by atoms with Gasteiger partial charge in [-0.2, -0.15) is 8.42 Å². The lowest BCUT2D eigenvalue weighted by molar-refractivity contribution is -0.163. The van der Waals surface area contributed by atoms with Gasteiger partial charge >= 0.3 is 5.97 Å². The van der Waals surface area contributed by atoms with Crippen molar-refractivity contribution in [3.8, 4) is 0 Å². The lowest BCUT2D eigenvalue weighted by atomic mass is 9.91. The Morgan fingerprint density at radius 2 is 1.79 bits per heavy atom. The molecule has 0 spiro atoms. The molecule has 6 nitrogen and oxygen atoms in total. The van der Waals surface area contributed by atoms with Crippen molar-refractivity contribution >= 4 is 16.1 Å². The van der Waals surface area contributed by atoms with Gasteiger partial charge in [0.25, 0.3) is 10.1 Å². The van der Waals surface area contributed by atoms with Crippen molar-refractivity contribution in [2.24, 2.45) is 5.92 Å². The molecule has 0 aromatic rings. The molecule has 0 N–H and O–H groups in total. The van der Waals surface area contributed by atoms with Crippen molar-refractivity contribution in [2.75, 3.05) is 6.26 Å². The molecule has 0 aromatic heterocycles. The first-order valence-corrected chi connectivity index (χ1v) is 7.83. The zero-order valence-corrected chi connectivity index (χ0v) is 12.1. The second-order valence-corrected chi connectivity index (χ2v) is 7.38. The van der Waals surface area contributed by atoms with Gasteiger partial charge in [0, 0.05) is 0 Å². The van der Waals surface area contributed by atoms with Gasteiger partial charge in [0.1, 0.15) is 23.7 Å². The van der Waals surface area contributed by atoms with Gasteiger partial charge in [-0.3, -0.25) is 8.98 Å². The van der Waals surface area contributed by atoms with Crippen molar-refractivity contribution in [3.63, 3.8) is 0 Å². The standard InChI is InChI=1S/C12H18O6S/c1-12(2,3)17-11(13)9-7-5-6-8(16-7)10(9)18-19(4,14)15/h5-10H,1-4H3. The minimum atomic E-state index is -3.66. The van der Waals surface area contributed by atoms with Crippen LogP contribution in [-0.2, 0) is 28.6 Å². The number of ether oxygens (including phenoxy) is 2. The zero-order chi connectivity index (χ0) is 14.4. The minimum absolute atomic E-state index is 0.480. The van der Waals surface area contributed by atoms with Gasteiger partial charge in [-0.15, -0.1) is 0 Å². The maximum atomic E-state index is 12.1. The van der Waals surface area contributed by atoms with Gasteiger partial charge in [0.15, 0.2) is 0 Å². The quantitative estimate of drug-likeness (QED) is 0.431. The van der Waals surface area contributed by atoms with Crippen LogP contribution >= 0.6 is 0 Å². The number of carbonyl (C=O) groups is 1. The smallest absolute Gasteiger partial charge is 0.315 e. The molecular weight excluding hydrogens is 272 g/mol. The van der Waals surface area contributed by atoms with Crippen LogP contribution in [0.5, 0.6) is 0 Å². The fourth-order valence-corrected chi connectivity index (χ4v) is 2.86. The Morgan fingerprint density at radius 3 is 2.32 bits per heavy atom. The number of hydrogen-bond donors (Lipinski definition) is 0. The van der Waals surface area contributed by atoms with E-state index in [-0.39, 0.29) is 0 Å². The molecule has 1 saturated heterocycles. The first-order valence-electron chi connectivity index (χ1n) is 6.02. The van der Waals surface area contributed by atoms with Gasteiger partial charge < -0.3 is 9.47 Å². The van der Waals surface area contributed by atoms with Crippen molar-refractivity contribution in [2.45, 2.75) is 44.7 Å². The number of esters is 1. The van der Waals surface area contributed by atoms with E-state index in [0.29, 0.717) is 0 Å². The van der Waals surface area contributed by atoms with Crippen molar-refractivity contribution in [1.29, 1.82) is 0 Å². The molecule has 0 radical (unpaired) electrons. The third-order valence-corrected chi connectivity index (χ3v) is 3.37. The van der Waals surface area contributed by atoms with Crippen molar-refractivity contribution in [3.05, 3.63) is 12.2 Å². The van der Waals surface area contributed by atoms with E-state index in [2.05, 4.69) is 0 Å². The summed E-state index contributed by atoms with van der Waals surface area (Å²) < 4.78 is 38.3. The SMILES string of the molecule is CC(C)(C)OC(=O)C1C2C=CC(O2)C1OS(C)(=O)=O. The van der Waals surface area contributed by atoms with E-state index >= 15 is 0 Å². The molecule has 4 unspecified atom stereocenters. The van der Waals surface area contributed by atoms with Crippen molar-refractivity contribution < 1.29 is 26.9 Å². The number of hydrogen-bond acceptors (Lipinski definition) is 6. The van der Waals surface area contributed by atoms with E-state index in [1.165, 1.54) is 0 Å². The van der Waals surface area contributed by atoms with Crippen LogP contribution in [0.25, 0.3) is 0 Å². The summed E-state index contributed by atoms with van der Waals surface area (Å²) in [7, 11) is -3.66. The summed E-state index contributed by atoms with van der Waals surface area (Å²) in [6.07, 6.45) is 2.56.